The summed E-state index contributed by atoms with van der Waals surface area (Å²) in [5.74, 6) is -0.878. The number of benzene rings is 1. The number of hydrogen-bond acceptors (Lipinski definition) is 7. The number of ketones is 1. The lowest BCUT2D eigenvalue weighted by Gasteiger charge is -2.03. The lowest BCUT2D eigenvalue weighted by molar-refractivity contribution is -0.116. The molecule has 0 amide bonds. The number of Topliss-reactive ketones (excluding diaryl/α,β-unsaturated/α-hetero) is 1. The maximum absolute atomic E-state index is 12.3. The van der Waals surface area contributed by atoms with Crippen LogP contribution in [-0.2, 0) is 4.79 Å². The highest BCUT2D eigenvalue weighted by molar-refractivity contribution is 7.99. The van der Waals surface area contributed by atoms with Crippen LogP contribution in [0.5, 0.6) is 0 Å². The van der Waals surface area contributed by atoms with Crippen molar-refractivity contribution >= 4 is 28.9 Å². The number of aromatic amines is 1. The first-order valence-corrected chi connectivity index (χ1v) is 8.56. The van der Waals surface area contributed by atoms with Crippen molar-refractivity contribution < 1.29 is 4.79 Å². The summed E-state index contributed by atoms with van der Waals surface area (Å²) in [6.07, 6.45) is 1.54. The zero-order valence-electron chi connectivity index (χ0n) is 11.8. The molecule has 8 heteroatoms. The molecule has 0 aliphatic rings. The fourth-order valence-corrected chi connectivity index (χ4v) is 3.50. The molecule has 2 aromatic heterocycles. The monoisotopic (exact) mass is 341 g/mol. The Kier molecular flexibility index (Phi) is 4.80. The minimum absolute atomic E-state index is 0.158. The highest BCUT2D eigenvalue weighted by atomic mass is 32.2. The molecule has 0 aliphatic carbocycles. The van der Waals surface area contributed by atoms with E-state index in [2.05, 4.69) is 26.5 Å². The minimum atomic E-state index is -0.850. The molecule has 1 N–H and O–H groups in total. The molecule has 1 unspecified atom stereocenters. The van der Waals surface area contributed by atoms with Crippen molar-refractivity contribution in [2.45, 2.75) is 10.9 Å². The number of thiazole rings is 1. The molecule has 23 heavy (non-hydrogen) atoms. The molecule has 114 valence electrons. The van der Waals surface area contributed by atoms with Gasteiger partial charge in [0.25, 0.3) is 0 Å². The summed E-state index contributed by atoms with van der Waals surface area (Å²) in [5.41, 5.74) is 1.75. The van der Waals surface area contributed by atoms with Gasteiger partial charge in [0.15, 0.2) is 11.7 Å². The average molecular weight is 341 g/mol. The highest BCUT2D eigenvalue weighted by Crippen LogP contribution is 2.28. The third-order valence-corrected chi connectivity index (χ3v) is 4.88. The van der Waals surface area contributed by atoms with Gasteiger partial charge in [-0.25, -0.2) is 4.98 Å². The van der Waals surface area contributed by atoms with Crippen LogP contribution in [0.1, 0.15) is 10.9 Å². The van der Waals surface area contributed by atoms with E-state index in [1.54, 1.807) is 0 Å². The number of nitrogens with zero attached hydrogens (tertiary/aromatic N) is 4. The first-order valence-electron chi connectivity index (χ1n) is 6.69. The number of thioether (sulfide) groups is 1. The van der Waals surface area contributed by atoms with Crippen LogP contribution in [0.15, 0.2) is 46.9 Å². The Morgan fingerprint density at radius 2 is 2.22 bits per heavy atom. The van der Waals surface area contributed by atoms with E-state index in [-0.39, 0.29) is 11.5 Å². The predicted molar refractivity (Wildman–Crippen MR) is 88.0 cm³/mol. The van der Waals surface area contributed by atoms with Crippen molar-refractivity contribution in [3.8, 4) is 17.3 Å². The number of H-pyrrole nitrogens is 1. The predicted octanol–water partition coefficient (Wildman–Crippen LogP) is 2.90. The molecule has 3 rings (SSSR count). The van der Waals surface area contributed by atoms with Crippen molar-refractivity contribution in [1.29, 1.82) is 5.26 Å². The number of aromatic nitrogens is 4. The van der Waals surface area contributed by atoms with Crippen molar-refractivity contribution in [2.75, 3.05) is 5.75 Å². The lowest BCUT2D eigenvalue weighted by atomic mass is 10.1. The average Bonchev–Trinajstić information content (AvgIpc) is 3.26. The molecular weight excluding hydrogens is 330 g/mol. The Bertz CT molecular complexity index is 823. The molecule has 2 heterocycles. The highest BCUT2D eigenvalue weighted by Gasteiger charge is 2.24. The fourth-order valence-electron chi connectivity index (χ4n) is 1.92. The van der Waals surface area contributed by atoms with Crippen LogP contribution in [0.2, 0.25) is 0 Å². The van der Waals surface area contributed by atoms with E-state index in [1.807, 2.05) is 35.7 Å². The van der Waals surface area contributed by atoms with Crippen LogP contribution >= 0.6 is 23.1 Å². The quantitative estimate of drug-likeness (QED) is 0.693. The van der Waals surface area contributed by atoms with Crippen LogP contribution in [0.25, 0.3) is 11.3 Å². The van der Waals surface area contributed by atoms with Crippen LogP contribution in [-0.4, -0.2) is 31.9 Å². The lowest BCUT2D eigenvalue weighted by Crippen LogP contribution is -2.13. The van der Waals surface area contributed by atoms with Crippen LogP contribution < -0.4 is 0 Å². The first kappa shape index (κ1) is 15.4. The van der Waals surface area contributed by atoms with E-state index in [0.29, 0.717) is 10.0 Å². The van der Waals surface area contributed by atoms with Gasteiger partial charge in [-0.2, -0.15) is 15.6 Å². The van der Waals surface area contributed by atoms with Gasteiger partial charge in [-0.15, -0.1) is 16.4 Å². The number of nitriles is 1. The van der Waals surface area contributed by atoms with Crippen LogP contribution in [0.4, 0.5) is 0 Å². The topological polar surface area (TPSA) is 95.3 Å². The molecule has 1 atom stereocenters. The van der Waals surface area contributed by atoms with E-state index >= 15 is 0 Å². The first-order chi connectivity index (χ1) is 11.3. The zero-order chi connectivity index (χ0) is 16.1. The molecule has 0 aliphatic heterocycles. The molecule has 6 nitrogen and oxygen atoms in total. The molecule has 0 saturated carbocycles. The molecule has 3 aromatic rings. The Balaban J connectivity index is 1.72. The maximum atomic E-state index is 12.3. The summed E-state index contributed by atoms with van der Waals surface area (Å²) >= 11 is 2.58. The summed E-state index contributed by atoms with van der Waals surface area (Å²) in [7, 11) is 0. The third kappa shape index (κ3) is 3.64. The van der Waals surface area contributed by atoms with E-state index < -0.39 is 5.92 Å². The summed E-state index contributed by atoms with van der Waals surface area (Å²) in [6.45, 7) is 0. The Labute approximate surface area is 140 Å². The second kappa shape index (κ2) is 7.17. The second-order valence-corrected chi connectivity index (χ2v) is 6.45. The van der Waals surface area contributed by atoms with E-state index in [4.69, 9.17) is 0 Å². The third-order valence-electron chi connectivity index (χ3n) is 3.04. The smallest absolute Gasteiger partial charge is 0.167 e. The van der Waals surface area contributed by atoms with Crippen molar-refractivity contribution in [2.24, 2.45) is 0 Å². The van der Waals surface area contributed by atoms with Gasteiger partial charge in [-0.1, -0.05) is 42.1 Å². The van der Waals surface area contributed by atoms with Gasteiger partial charge in [0.05, 0.1) is 23.7 Å². The molecule has 0 spiro atoms. The van der Waals surface area contributed by atoms with Gasteiger partial charge >= 0.3 is 0 Å². The Morgan fingerprint density at radius 1 is 1.39 bits per heavy atom. The molecule has 1 aromatic carbocycles. The summed E-state index contributed by atoms with van der Waals surface area (Å²) in [4.78, 5) is 16.7. The molecule has 0 bridgehead atoms. The largest absolute Gasteiger partial charge is 0.297 e. The van der Waals surface area contributed by atoms with Gasteiger partial charge < -0.3 is 0 Å². The van der Waals surface area contributed by atoms with E-state index in [0.717, 1.165) is 11.3 Å². The summed E-state index contributed by atoms with van der Waals surface area (Å²) in [6, 6.07) is 11.7. The Hall–Kier alpha value is -2.50. The SMILES string of the molecule is N#CC(C(=O)CSc1cn[nH]n1)c1nc(-c2ccccc2)cs1. The Morgan fingerprint density at radius 3 is 2.91 bits per heavy atom. The van der Waals surface area contributed by atoms with Crippen LogP contribution in [0, 0.1) is 11.3 Å². The van der Waals surface area contributed by atoms with Gasteiger partial charge in [-0.3, -0.25) is 4.79 Å². The van der Waals surface area contributed by atoms with Gasteiger partial charge in [0, 0.05) is 10.9 Å². The minimum Gasteiger partial charge on any atom is -0.297 e. The number of hydrogen-bond donors (Lipinski definition) is 1. The molecule has 0 saturated heterocycles. The fraction of sp³-hybridized carbons (Fsp3) is 0.133. The molecule has 0 radical (unpaired) electrons. The standard InChI is InChI=1S/C15H11N5OS2/c16-6-11(13(21)9-22-14-7-17-20-19-14)15-18-12(8-23-15)10-4-2-1-3-5-10/h1-5,7-8,11H,9H2,(H,17,19,20). The van der Waals surface area contributed by atoms with Gasteiger partial charge in [0.2, 0.25) is 0 Å². The van der Waals surface area contributed by atoms with Crippen molar-refractivity contribution in [3.63, 3.8) is 0 Å². The maximum Gasteiger partial charge on any atom is 0.167 e. The zero-order valence-corrected chi connectivity index (χ0v) is 13.5. The molecule has 0 fully saturated rings. The number of rotatable bonds is 6. The normalized spacial score (nSPS) is 11.8. The van der Waals surface area contributed by atoms with Gasteiger partial charge in [-0.05, 0) is 0 Å². The van der Waals surface area contributed by atoms with Gasteiger partial charge in [0.1, 0.15) is 10.0 Å². The van der Waals surface area contributed by atoms with Crippen molar-refractivity contribution in [1.82, 2.24) is 20.4 Å². The van der Waals surface area contributed by atoms with E-state index in [1.165, 1.54) is 29.3 Å². The number of nitrogens with one attached hydrogen (secondary N) is 1. The van der Waals surface area contributed by atoms with Crippen LogP contribution in [0.3, 0.4) is 0 Å². The number of carbonyl (C=O) groups is 1. The van der Waals surface area contributed by atoms with Crippen molar-refractivity contribution in [3.05, 3.63) is 46.9 Å². The van der Waals surface area contributed by atoms with E-state index in [9.17, 15) is 10.1 Å². The number of carbonyl (C=O) groups excluding carboxylic acids is 1. The summed E-state index contributed by atoms with van der Waals surface area (Å²) < 4.78 is 0. The molecular formula is C15H11N5OS2. The summed E-state index contributed by atoms with van der Waals surface area (Å²) in [5, 5.41) is 22.4. The second-order valence-electron chi connectivity index (χ2n) is 4.56.